The molecule has 2 rings (SSSR count). The molecular weight excluding hydrogens is 308 g/mol. The summed E-state index contributed by atoms with van der Waals surface area (Å²) in [5.74, 6) is -0.721. The van der Waals surface area contributed by atoms with Gasteiger partial charge in [0.05, 0.1) is 19.8 Å². The van der Waals surface area contributed by atoms with E-state index in [0.29, 0.717) is 26.4 Å². The molecule has 6 nitrogen and oxygen atoms in total. The summed E-state index contributed by atoms with van der Waals surface area (Å²) in [4.78, 5) is 15.4. The number of H-pyrrole nitrogens is 1. The van der Waals surface area contributed by atoms with Crippen LogP contribution in [0.5, 0.6) is 0 Å². The second-order valence-electron chi connectivity index (χ2n) is 5.56. The van der Waals surface area contributed by atoms with Crippen LogP contribution in [0.1, 0.15) is 30.9 Å². The maximum absolute atomic E-state index is 12.1. The largest absolute Gasteiger partial charge is 0.465 e. The van der Waals surface area contributed by atoms with E-state index in [1.807, 2.05) is 31.3 Å². The first kappa shape index (κ1) is 18.4. The van der Waals surface area contributed by atoms with E-state index in [-0.39, 0.29) is 5.92 Å². The topological polar surface area (TPSA) is 86.6 Å². The lowest BCUT2D eigenvalue weighted by molar-refractivity contribution is -0.145. The number of ether oxygens (including phenoxy) is 3. The minimum absolute atomic E-state index is 0.300. The van der Waals surface area contributed by atoms with E-state index in [4.69, 9.17) is 19.9 Å². The second-order valence-corrected chi connectivity index (χ2v) is 5.56. The molecule has 1 aromatic carbocycles. The molecule has 2 aromatic rings. The van der Waals surface area contributed by atoms with Crippen LogP contribution in [-0.2, 0) is 25.6 Å². The standard InChI is InChI=1S/C18H26N2O4/c1-4-23-10-12-7-6-8-15-16(12)13(9-20-15)14(11-22-3)17(19)18(21)24-5-2/h6-9,14,17,20H,4-5,10-11,19H2,1-3H3. The SMILES string of the molecule is CCOCc1cccc2[nH]cc(C(COC)C(N)C(=O)OCC)c12. The summed E-state index contributed by atoms with van der Waals surface area (Å²) < 4.78 is 16.0. The minimum atomic E-state index is -0.788. The summed E-state index contributed by atoms with van der Waals surface area (Å²) in [6, 6.07) is 5.21. The van der Waals surface area contributed by atoms with Gasteiger partial charge in [0.1, 0.15) is 6.04 Å². The Labute approximate surface area is 142 Å². The maximum Gasteiger partial charge on any atom is 0.323 e. The Morgan fingerprint density at radius 3 is 2.75 bits per heavy atom. The molecule has 0 amide bonds. The molecule has 0 spiro atoms. The maximum atomic E-state index is 12.1. The molecule has 0 aliphatic rings. The van der Waals surface area contributed by atoms with Crippen LogP contribution in [0.15, 0.2) is 24.4 Å². The van der Waals surface area contributed by atoms with Crippen molar-refractivity contribution in [1.29, 1.82) is 0 Å². The van der Waals surface area contributed by atoms with E-state index in [9.17, 15) is 4.79 Å². The fraction of sp³-hybridized carbons (Fsp3) is 0.500. The van der Waals surface area contributed by atoms with Gasteiger partial charge in [-0.05, 0) is 31.0 Å². The summed E-state index contributed by atoms with van der Waals surface area (Å²) in [6.45, 7) is 5.50. The van der Waals surface area contributed by atoms with E-state index in [1.54, 1.807) is 14.0 Å². The average Bonchev–Trinajstić information content (AvgIpc) is 3.02. The molecule has 3 N–H and O–H groups in total. The number of nitrogens with one attached hydrogen (secondary N) is 1. The van der Waals surface area contributed by atoms with Gasteiger partial charge >= 0.3 is 5.97 Å². The summed E-state index contributed by atoms with van der Waals surface area (Å²) in [6.07, 6.45) is 1.89. The Morgan fingerprint density at radius 2 is 2.08 bits per heavy atom. The van der Waals surface area contributed by atoms with Crippen molar-refractivity contribution in [1.82, 2.24) is 4.98 Å². The van der Waals surface area contributed by atoms with Crippen molar-refractivity contribution < 1.29 is 19.0 Å². The lowest BCUT2D eigenvalue weighted by Crippen LogP contribution is -2.40. The number of benzene rings is 1. The predicted molar refractivity (Wildman–Crippen MR) is 92.9 cm³/mol. The molecule has 2 atom stereocenters. The molecule has 6 heteroatoms. The van der Waals surface area contributed by atoms with Gasteiger partial charge in [0, 0.05) is 36.7 Å². The Balaban J connectivity index is 2.44. The number of carbonyl (C=O) groups excluding carboxylic acids is 1. The molecule has 24 heavy (non-hydrogen) atoms. The molecule has 0 aliphatic carbocycles. The van der Waals surface area contributed by atoms with Crippen molar-refractivity contribution >= 4 is 16.9 Å². The number of esters is 1. The Hall–Kier alpha value is -1.89. The van der Waals surface area contributed by atoms with Crippen molar-refractivity contribution in [2.75, 3.05) is 26.9 Å². The molecule has 2 unspecified atom stereocenters. The molecule has 0 aliphatic heterocycles. The lowest BCUT2D eigenvalue weighted by atomic mass is 9.90. The molecule has 0 bridgehead atoms. The van der Waals surface area contributed by atoms with E-state index in [2.05, 4.69) is 4.98 Å². The lowest BCUT2D eigenvalue weighted by Gasteiger charge is -2.22. The summed E-state index contributed by atoms with van der Waals surface area (Å²) in [5, 5.41) is 1.03. The van der Waals surface area contributed by atoms with Crippen LogP contribution in [0, 0.1) is 0 Å². The highest BCUT2D eigenvalue weighted by Crippen LogP contribution is 2.31. The van der Waals surface area contributed by atoms with Crippen molar-refractivity contribution in [3.8, 4) is 0 Å². The number of nitrogens with two attached hydrogens (primary N) is 1. The van der Waals surface area contributed by atoms with Crippen molar-refractivity contribution in [3.63, 3.8) is 0 Å². The van der Waals surface area contributed by atoms with Crippen LogP contribution in [0.3, 0.4) is 0 Å². The second kappa shape index (κ2) is 8.82. The molecular formula is C18H26N2O4. The van der Waals surface area contributed by atoms with Crippen LogP contribution in [0.4, 0.5) is 0 Å². The Kier molecular flexibility index (Phi) is 6.78. The fourth-order valence-electron chi connectivity index (χ4n) is 2.88. The van der Waals surface area contributed by atoms with Crippen LogP contribution in [0.2, 0.25) is 0 Å². The van der Waals surface area contributed by atoms with Crippen LogP contribution >= 0.6 is 0 Å². The van der Waals surface area contributed by atoms with Gasteiger partial charge in [-0.2, -0.15) is 0 Å². The van der Waals surface area contributed by atoms with Crippen molar-refractivity contribution in [3.05, 3.63) is 35.5 Å². The first-order valence-corrected chi connectivity index (χ1v) is 8.21. The van der Waals surface area contributed by atoms with Gasteiger partial charge in [0.25, 0.3) is 0 Å². The molecule has 0 saturated heterocycles. The van der Waals surface area contributed by atoms with Crippen LogP contribution in [-0.4, -0.2) is 43.9 Å². The Bertz CT molecular complexity index is 668. The number of hydrogen-bond acceptors (Lipinski definition) is 5. The Morgan fingerprint density at radius 1 is 1.29 bits per heavy atom. The van der Waals surface area contributed by atoms with Crippen LogP contribution in [0.25, 0.3) is 10.9 Å². The highest BCUT2D eigenvalue weighted by Gasteiger charge is 2.30. The summed E-state index contributed by atoms with van der Waals surface area (Å²) in [7, 11) is 1.60. The van der Waals surface area contributed by atoms with Gasteiger partial charge in [0.15, 0.2) is 0 Å². The molecule has 0 saturated carbocycles. The number of fused-ring (bicyclic) bond motifs is 1. The van der Waals surface area contributed by atoms with E-state index < -0.39 is 12.0 Å². The average molecular weight is 334 g/mol. The monoisotopic (exact) mass is 334 g/mol. The zero-order chi connectivity index (χ0) is 17.5. The minimum Gasteiger partial charge on any atom is -0.465 e. The molecule has 0 fully saturated rings. The molecule has 0 radical (unpaired) electrons. The van der Waals surface area contributed by atoms with E-state index in [0.717, 1.165) is 22.0 Å². The third kappa shape index (κ3) is 3.95. The predicted octanol–water partition coefficient (Wildman–Crippen LogP) is 2.32. The smallest absolute Gasteiger partial charge is 0.323 e. The summed E-state index contributed by atoms with van der Waals surface area (Å²) >= 11 is 0. The third-order valence-electron chi connectivity index (χ3n) is 4.02. The molecule has 1 aromatic heterocycles. The highest BCUT2D eigenvalue weighted by atomic mass is 16.5. The van der Waals surface area contributed by atoms with Crippen LogP contribution < -0.4 is 5.73 Å². The van der Waals surface area contributed by atoms with Crippen molar-refractivity contribution in [2.45, 2.75) is 32.4 Å². The summed E-state index contributed by atoms with van der Waals surface area (Å²) in [5.41, 5.74) is 9.16. The van der Waals surface area contributed by atoms with E-state index in [1.165, 1.54) is 0 Å². The van der Waals surface area contributed by atoms with Gasteiger partial charge in [-0.25, -0.2) is 0 Å². The zero-order valence-electron chi connectivity index (χ0n) is 14.5. The number of methoxy groups -OCH3 is 1. The number of carbonyl (C=O) groups is 1. The highest BCUT2D eigenvalue weighted by molar-refractivity contribution is 5.88. The number of rotatable bonds is 9. The van der Waals surface area contributed by atoms with E-state index >= 15 is 0 Å². The fourth-order valence-corrected chi connectivity index (χ4v) is 2.88. The zero-order valence-corrected chi connectivity index (χ0v) is 14.5. The van der Waals surface area contributed by atoms with Crippen molar-refractivity contribution in [2.24, 2.45) is 5.73 Å². The van der Waals surface area contributed by atoms with Gasteiger partial charge in [-0.1, -0.05) is 12.1 Å². The quantitative estimate of drug-likeness (QED) is 0.687. The van der Waals surface area contributed by atoms with Gasteiger partial charge < -0.3 is 24.9 Å². The third-order valence-corrected chi connectivity index (χ3v) is 4.02. The van der Waals surface area contributed by atoms with Gasteiger partial charge in [-0.15, -0.1) is 0 Å². The van der Waals surface area contributed by atoms with Gasteiger partial charge in [-0.3, -0.25) is 4.79 Å². The van der Waals surface area contributed by atoms with Gasteiger partial charge in [0.2, 0.25) is 0 Å². The molecule has 132 valence electrons. The first-order chi connectivity index (χ1) is 11.6. The number of aromatic amines is 1. The normalized spacial score (nSPS) is 13.8. The number of hydrogen-bond donors (Lipinski definition) is 2. The molecule has 1 heterocycles. The first-order valence-electron chi connectivity index (χ1n) is 8.21. The number of aromatic nitrogens is 1.